The highest BCUT2D eigenvalue weighted by Gasteiger charge is 2.26. The van der Waals surface area contributed by atoms with Gasteiger partial charge in [-0.25, -0.2) is 9.78 Å². The number of ether oxygens (including phenoxy) is 3. The summed E-state index contributed by atoms with van der Waals surface area (Å²) in [6.07, 6.45) is 6.54. The van der Waals surface area contributed by atoms with Crippen LogP contribution in [0.1, 0.15) is 59.8 Å². The van der Waals surface area contributed by atoms with Gasteiger partial charge in [-0.1, -0.05) is 24.6 Å². The van der Waals surface area contributed by atoms with Gasteiger partial charge in [0, 0.05) is 28.2 Å². The number of esters is 1. The molecular weight excluding hydrogens is 583 g/mol. The minimum atomic E-state index is -0.349. The van der Waals surface area contributed by atoms with E-state index in [1.165, 1.54) is 34.4 Å². The highest BCUT2D eigenvalue weighted by molar-refractivity contribution is 7.99. The minimum Gasteiger partial charge on any atom is -0.497 e. The summed E-state index contributed by atoms with van der Waals surface area (Å²) < 4.78 is 16.0. The number of H-pyrrole nitrogens is 1. The average molecular weight is 620 g/mol. The largest absolute Gasteiger partial charge is 0.497 e. The number of anilines is 1. The Labute approximate surface area is 260 Å². The molecule has 5 rings (SSSR count). The molecule has 0 fully saturated rings. The van der Waals surface area contributed by atoms with E-state index in [-0.39, 0.29) is 18.3 Å². The second kappa shape index (κ2) is 14.6. The van der Waals surface area contributed by atoms with Gasteiger partial charge >= 0.3 is 5.97 Å². The van der Waals surface area contributed by atoms with Crippen molar-refractivity contribution < 1.29 is 23.8 Å². The first-order chi connectivity index (χ1) is 21.0. The molecule has 43 heavy (non-hydrogen) atoms. The maximum atomic E-state index is 13.1. The van der Waals surface area contributed by atoms with E-state index in [1.54, 1.807) is 21.1 Å². The Kier molecular flexibility index (Phi) is 10.4. The van der Waals surface area contributed by atoms with E-state index in [2.05, 4.69) is 10.3 Å². The van der Waals surface area contributed by atoms with Gasteiger partial charge in [0.05, 0.1) is 37.8 Å². The van der Waals surface area contributed by atoms with Crippen molar-refractivity contribution >= 4 is 40.0 Å². The molecule has 0 spiro atoms. The van der Waals surface area contributed by atoms with E-state index in [0.717, 1.165) is 76.8 Å². The number of fused-ring (bicyclic) bond motifs is 1. The summed E-state index contributed by atoms with van der Waals surface area (Å²) in [6.45, 7) is 2.10. The lowest BCUT2D eigenvalue weighted by Crippen LogP contribution is -2.15. The summed E-state index contributed by atoms with van der Waals surface area (Å²) in [5.74, 6) is 1.58. The van der Waals surface area contributed by atoms with E-state index in [9.17, 15) is 9.59 Å². The number of carbonyl (C=O) groups excluding carboxylic acids is 2. The summed E-state index contributed by atoms with van der Waals surface area (Å²) in [6, 6.07) is 15.6. The van der Waals surface area contributed by atoms with Crippen molar-refractivity contribution in [2.45, 2.75) is 57.0 Å². The molecular formula is C33H37N3O5S2. The van der Waals surface area contributed by atoms with Crippen molar-refractivity contribution in [2.75, 3.05) is 31.9 Å². The lowest BCUT2D eigenvalue weighted by atomic mass is 9.96. The molecule has 1 amide bonds. The molecule has 0 saturated heterocycles. The third-order valence-electron chi connectivity index (χ3n) is 7.40. The topological polar surface area (TPSA) is 103 Å². The Morgan fingerprint density at radius 3 is 2.23 bits per heavy atom. The monoisotopic (exact) mass is 619 g/mol. The zero-order valence-corrected chi connectivity index (χ0v) is 26.4. The number of amides is 1. The molecule has 1 aliphatic rings. The van der Waals surface area contributed by atoms with Crippen molar-refractivity contribution in [1.82, 2.24) is 9.97 Å². The summed E-state index contributed by atoms with van der Waals surface area (Å²) in [7, 11) is 3.29. The molecule has 2 N–H and O–H groups in total. The van der Waals surface area contributed by atoms with Crippen molar-refractivity contribution in [3.8, 4) is 34.0 Å². The molecule has 4 aromatic rings. The number of methoxy groups -OCH3 is 2. The molecule has 226 valence electrons. The number of imidazole rings is 1. The van der Waals surface area contributed by atoms with Gasteiger partial charge in [-0.15, -0.1) is 11.3 Å². The number of benzene rings is 2. The summed E-state index contributed by atoms with van der Waals surface area (Å²) in [5, 5.41) is 4.37. The number of aromatic nitrogens is 2. The van der Waals surface area contributed by atoms with Crippen LogP contribution in [0.25, 0.3) is 22.5 Å². The maximum Gasteiger partial charge on any atom is 0.341 e. The molecule has 10 heteroatoms. The molecule has 2 aromatic heterocycles. The van der Waals surface area contributed by atoms with Crippen LogP contribution in [0.5, 0.6) is 11.5 Å². The maximum absolute atomic E-state index is 13.1. The van der Waals surface area contributed by atoms with Gasteiger partial charge in [-0.05, 0) is 86.7 Å². The Morgan fingerprint density at radius 1 is 0.930 bits per heavy atom. The SMILES string of the molecule is CCOC(=O)c1c(NC(=O)CCSc2nc(-c3ccc(OC)cc3)c(-c3ccc(OC)cc3)[nH]2)sc2c1CCCCCC2. The van der Waals surface area contributed by atoms with Gasteiger partial charge < -0.3 is 24.5 Å². The lowest BCUT2D eigenvalue weighted by Gasteiger charge is -2.11. The third-order valence-corrected chi connectivity index (χ3v) is 9.48. The Hall–Kier alpha value is -3.76. The Bertz CT molecular complexity index is 1480. The second-order valence-electron chi connectivity index (χ2n) is 10.2. The van der Waals surface area contributed by atoms with Crippen LogP contribution in [0.3, 0.4) is 0 Å². The number of nitrogens with zero attached hydrogens (tertiary/aromatic N) is 1. The van der Waals surface area contributed by atoms with Gasteiger partial charge in [0.15, 0.2) is 5.16 Å². The van der Waals surface area contributed by atoms with Crippen molar-refractivity contribution in [2.24, 2.45) is 0 Å². The van der Waals surface area contributed by atoms with Crippen LogP contribution in [0.15, 0.2) is 53.7 Å². The fraction of sp³-hybridized carbons (Fsp3) is 0.364. The van der Waals surface area contributed by atoms with E-state index >= 15 is 0 Å². The van der Waals surface area contributed by atoms with Crippen LogP contribution in [0.2, 0.25) is 0 Å². The number of hydrogen-bond donors (Lipinski definition) is 2. The number of hydrogen-bond acceptors (Lipinski definition) is 8. The molecule has 0 bridgehead atoms. The third kappa shape index (κ3) is 7.43. The van der Waals surface area contributed by atoms with Gasteiger partial charge in [-0.3, -0.25) is 4.79 Å². The predicted octanol–water partition coefficient (Wildman–Crippen LogP) is 7.78. The zero-order chi connectivity index (χ0) is 30.2. The normalized spacial score (nSPS) is 13.0. The van der Waals surface area contributed by atoms with Crippen molar-refractivity contribution in [1.29, 1.82) is 0 Å². The second-order valence-corrected chi connectivity index (χ2v) is 12.4. The number of carbonyl (C=O) groups is 2. The number of thiophene rings is 1. The molecule has 2 aromatic carbocycles. The van der Waals surface area contributed by atoms with Crippen LogP contribution in [-0.2, 0) is 22.4 Å². The first-order valence-corrected chi connectivity index (χ1v) is 16.4. The number of nitrogens with one attached hydrogen (secondary N) is 2. The quantitative estimate of drug-likeness (QED) is 0.131. The number of aromatic amines is 1. The number of aryl methyl sites for hydroxylation is 1. The highest BCUT2D eigenvalue weighted by atomic mass is 32.2. The fourth-order valence-corrected chi connectivity index (χ4v) is 7.30. The summed E-state index contributed by atoms with van der Waals surface area (Å²) in [4.78, 5) is 35.6. The van der Waals surface area contributed by atoms with Crippen LogP contribution in [0, 0.1) is 0 Å². The van der Waals surface area contributed by atoms with Gasteiger partial charge in [-0.2, -0.15) is 0 Å². The Balaban J connectivity index is 1.31. The molecule has 0 aliphatic heterocycles. The van der Waals surface area contributed by atoms with Crippen molar-refractivity contribution in [3.63, 3.8) is 0 Å². The number of thioether (sulfide) groups is 1. The smallest absolute Gasteiger partial charge is 0.341 e. The highest BCUT2D eigenvalue weighted by Crippen LogP contribution is 2.38. The molecule has 8 nitrogen and oxygen atoms in total. The fourth-order valence-electron chi connectivity index (χ4n) is 5.20. The zero-order valence-electron chi connectivity index (χ0n) is 24.8. The summed E-state index contributed by atoms with van der Waals surface area (Å²) in [5.41, 5.74) is 5.23. The van der Waals surface area contributed by atoms with E-state index in [4.69, 9.17) is 19.2 Å². The first kappa shape index (κ1) is 30.7. The minimum absolute atomic E-state index is 0.135. The van der Waals surface area contributed by atoms with Gasteiger partial charge in [0.1, 0.15) is 16.5 Å². The number of rotatable bonds is 11. The van der Waals surface area contributed by atoms with Crippen LogP contribution >= 0.6 is 23.1 Å². The van der Waals surface area contributed by atoms with Crippen LogP contribution in [0.4, 0.5) is 5.00 Å². The standard InChI is InChI=1S/C33H37N3O5S2/c1-4-41-32(38)28-25-9-7-5-6-8-10-26(25)43-31(28)34-27(37)19-20-42-33-35-29(21-11-15-23(39-2)16-12-21)30(36-33)22-13-17-24(40-3)18-14-22/h11-18H,4-10,19-20H2,1-3H3,(H,34,37)(H,35,36). The Morgan fingerprint density at radius 2 is 1.58 bits per heavy atom. The molecule has 0 atom stereocenters. The van der Waals surface area contributed by atoms with E-state index in [1.807, 2.05) is 48.5 Å². The summed E-state index contributed by atoms with van der Waals surface area (Å²) >= 11 is 3.01. The molecule has 0 saturated carbocycles. The first-order valence-electron chi connectivity index (χ1n) is 14.6. The average Bonchev–Trinajstić information content (AvgIpc) is 3.58. The molecule has 1 aliphatic carbocycles. The van der Waals surface area contributed by atoms with Gasteiger partial charge in [0.25, 0.3) is 0 Å². The van der Waals surface area contributed by atoms with Crippen LogP contribution in [-0.4, -0.2) is 48.4 Å². The van der Waals surface area contributed by atoms with E-state index in [0.29, 0.717) is 22.9 Å². The van der Waals surface area contributed by atoms with Crippen molar-refractivity contribution in [3.05, 3.63) is 64.5 Å². The van der Waals surface area contributed by atoms with Gasteiger partial charge in [0.2, 0.25) is 5.91 Å². The lowest BCUT2D eigenvalue weighted by molar-refractivity contribution is -0.115. The van der Waals surface area contributed by atoms with E-state index < -0.39 is 0 Å². The molecule has 0 unspecified atom stereocenters. The molecule has 2 heterocycles. The molecule has 0 radical (unpaired) electrons. The predicted molar refractivity (Wildman–Crippen MR) is 173 cm³/mol. The van der Waals surface area contributed by atoms with Crippen LogP contribution < -0.4 is 14.8 Å².